The molecule has 9 heteroatoms. The van der Waals surface area contributed by atoms with Gasteiger partial charge in [-0.2, -0.15) is 0 Å². The number of hydrogen-bond acceptors (Lipinski definition) is 5. The summed E-state index contributed by atoms with van der Waals surface area (Å²) in [4.78, 5) is 28.1. The number of rotatable bonds is 11. The molecule has 2 amide bonds. The van der Waals surface area contributed by atoms with Crippen molar-refractivity contribution >= 4 is 21.8 Å². The molecule has 1 fully saturated rings. The maximum Gasteiger partial charge on any atom is 0.243 e. The van der Waals surface area contributed by atoms with Gasteiger partial charge in [-0.05, 0) is 36.5 Å². The van der Waals surface area contributed by atoms with Crippen molar-refractivity contribution in [3.05, 3.63) is 66.2 Å². The summed E-state index contributed by atoms with van der Waals surface area (Å²) in [5.41, 5.74) is 0.847. The summed E-state index contributed by atoms with van der Waals surface area (Å²) in [5, 5.41) is 2.93. The van der Waals surface area contributed by atoms with Crippen LogP contribution in [0.1, 0.15) is 32.3 Å². The molecule has 3 rings (SSSR count). The molecule has 2 N–H and O–H groups in total. The summed E-state index contributed by atoms with van der Waals surface area (Å²) < 4.78 is 33.2. The van der Waals surface area contributed by atoms with Crippen molar-refractivity contribution < 1.29 is 22.7 Å². The highest BCUT2D eigenvalue weighted by atomic mass is 32.2. The molecule has 2 aromatic rings. The number of amides is 2. The first kappa shape index (κ1) is 25.9. The van der Waals surface area contributed by atoms with Crippen molar-refractivity contribution in [3.8, 4) is 0 Å². The van der Waals surface area contributed by atoms with Crippen LogP contribution in [0, 0.1) is 5.92 Å². The Morgan fingerprint density at radius 3 is 2.29 bits per heavy atom. The van der Waals surface area contributed by atoms with E-state index < -0.39 is 28.5 Å². The van der Waals surface area contributed by atoms with Gasteiger partial charge in [-0.1, -0.05) is 62.4 Å². The number of ether oxygens (including phenoxy) is 1. The van der Waals surface area contributed by atoms with E-state index in [1.54, 1.807) is 18.2 Å². The van der Waals surface area contributed by atoms with Crippen LogP contribution in [-0.4, -0.2) is 57.0 Å². The predicted octanol–water partition coefficient (Wildman–Crippen LogP) is 2.31. The molecular formula is C25H33N3O5S. The van der Waals surface area contributed by atoms with E-state index in [2.05, 4.69) is 10.0 Å². The normalized spacial score (nSPS) is 16.9. The lowest BCUT2D eigenvalue weighted by molar-refractivity contribution is -0.142. The Hall–Kier alpha value is -2.75. The van der Waals surface area contributed by atoms with Gasteiger partial charge in [-0.25, -0.2) is 13.1 Å². The van der Waals surface area contributed by atoms with Crippen molar-refractivity contribution in [2.24, 2.45) is 5.92 Å². The summed E-state index contributed by atoms with van der Waals surface area (Å²) in [6.07, 6.45) is 1.84. The van der Waals surface area contributed by atoms with Gasteiger partial charge in [0.1, 0.15) is 6.04 Å². The topological polar surface area (TPSA) is 105 Å². The quantitative estimate of drug-likeness (QED) is 0.506. The molecule has 184 valence electrons. The van der Waals surface area contributed by atoms with Gasteiger partial charge in [0.2, 0.25) is 21.8 Å². The van der Waals surface area contributed by atoms with Gasteiger partial charge < -0.3 is 15.0 Å². The lowest BCUT2D eigenvalue weighted by Gasteiger charge is -2.34. The standard InChI is InChI=1S/C25H33N3O5S/c1-19(2)24(25(30)26-16-21-12-9-15-33-21)28(18-20-10-5-3-6-11-20)23(29)17-27-34(31,32)22-13-7-4-8-14-22/h3-8,10-11,13-14,19,21,24,27H,9,12,15-18H2,1-2H3,(H,26,30)/t21-,24+/m1/s1. The molecule has 1 heterocycles. The number of hydrogen-bond donors (Lipinski definition) is 2. The van der Waals surface area contributed by atoms with Crippen LogP contribution in [0.2, 0.25) is 0 Å². The van der Waals surface area contributed by atoms with Crippen LogP contribution in [0.5, 0.6) is 0 Å². The van der Waals surface area contributed by atoms with Crippen LogP contribution in [0.25, 0.3) is 0 Å². The highest BCUT2D eigenvalue weighted by Gasteiger charge is 2.33. The van der Waals surface area contributed by atoms with E-state index in [-0.39, 0.29) is 29.4 Å². The molecule has 0 unspecified atom stereocenters. The fourth-order valence-corrected chi connectivity index (χ4v) is 4.99. The second-order valence-corrected chi connectivity index (χ2v) is 10.5. The zero-order valence-electron chi connectivity index (χ0n) is 19.6. The lowest BCUT2D eigenvalue weighted by atomic mass is 10.00. The molecule has 1 aliphatic rings. The van der Waals surface area contributed by atoms with Gasteiger partial charge in [0.25, 0.3) is 0 Å². The third kappa shape index (κ3) is 7.12. The number of benzene rings is 2. The van der Waals surface area contributed by atoms with Crippen molar-refractivity contribution in [1.82, 2.24) is 14.9 Å². The number of nitrogens with one attached hydrogen (secondary N) is 2. The number of carbonyl (C=O) groups is 2. The van der Waals surface area contributed by atoms with Gasteiger partial charge in [-0.15, -0.1) is 0 Å². The van der Waals surface area contributed by atoms with Gasteiger partial charge >= 0.3 is 0 Å². The average Bonchev–Trinajstić information content (AvgIpc) is 3.36. The molecular weight excluding hydrogens is 454 g/mol. The Labute approximate surface area is 201 Å². The molecule has 2 aromatic carbocycles. The Bertz CT molecular complexity index is 1040. The fourth-order valence-electron chi connectivity index (χ4n) is 3.99. The summed E-state index contributed by atoms with van der Waals surface area (Å²) >= 11 is 0. The molecule has 0 spiro atoms. The van der Waals surface area contributed by atoms with E-state index in [0.29, 0.717) is 13.2 Å². The summed E-state index contributed by atoms with van der Waals surface area (Å²) in [5.74, 6) is -0.946. The van der Waals surface area contributed by atoms with Gasteiger partial charge in [-0.3, -0.25) is 9.59 Å². The summed E-state index contributed by atoms with van der Waals surface area (Å²) in [7, 11) is -3.86. The largest absolute Gasteiger partial charge is 0.376 e. The minimum absolute atomic E-state index is 0.0206. The Morgan fingerprint density at radius 1 is 1.06 bits per heavy atom. The minimum Gasteiger partial charge on any atom is -0.376 e. The number of carbonyl (C=O) groups excluding carboxylic acids is 2. The van der Waals surface area contributed by atoms with E-state index in [0.717, 1.165) is 18.4 Å². The van der Waals surface area contributed by atoms with E-state index in [1.165, 1.54) is 17.0 Å². The highest BCUT2D eigenvalue weighted by molar-refractivity contribution is 7.89. The highest BCUT2D eigenvalue weighted by Crippen LogP contribution is 2.17. The molecule has 0 aromatic heterocycles. The van der Waals surface area contributed by atoms with E-state index in [4.69, 9.17) is 4.74 Å². The van der Waals surface area contributed by atoms with Crippen LogP contribution in [0.4, 0.5) is 0 Å². The van der Waals surface area contributed by atoms with Crippen molar-refractivity contribution in [2.75, 3.05) is 19.7 Å². The first-order chi connectivity index (χ1) is 16.3. The average molecular weight is 488 g/mol. The minimum atomic E-state index is -3.86. The smallest absolute Gasteiger partial charge is 0.243 e. The number of nitrogens with zero attached hydrogens (tertiary/aromatic N) is 1. The van der Waals surface area contributed by atoms with Gasteiger partial charge in [0.05, 0.1) is 17.5 Å². The zero-order chi connectivity index (χ0) is 24.6. The first-order valence-corrected chi connectivity index (χ1v) is 13.0. The number of sulfonamides is 1. The van der Waals surface area contributed by atoms with Crippen LogP contribution in [0.3, 0.4) is 0 Å². The lowest BCUT2D eigenvalue weighted by Crippen LogP contribution is -2.54. The van der Waals surface area contributed by atoms with Crippen LogP contribution < -0.4 is 10.0 Å². The van der Waals surface area contributed by atoms with Gasteiger partial charge in [0, 0.05) is 19.7 Å². The maximum absolute atomic E-state index is 13.3. The molecule has 8 nitrogen and oxygen atoms in total. The van der Waals surface area contributed by atoms with E-state index in [1.807, 2.05) is 44.2 Å². The molecule has 0 saturated carbocycles. The third-order valence-electron chi connectivity index (χ3n) is 5.75. The molecule has 1 saturated heterocycles. The van der Waals surface area contributed by atoms with Crippen molar-refractivity contribution in [1.29, 1.82) is 0 Å². The Kier molecular flexibility index (Phi) is 9.20. The second-order valence-electron chi connectivity index (χ2n) is 8.71. The van der Waals surface area contributed by atoms with Crippen LogP contribution in [-0.2, 0) is 30.9 Å². The first-order valence-electron chi connectivity index (χ1n) is 11.6. The Morgan fingerprint density at radius 2 is 1.71 bits per heavy atom. The Balaban J connectivity index is 1.77. The summed E-state index contributed by atoms with van der Waals surface area (Å²) in [6, 6.07) is 16.4. The molecule has 2 atom stereocenters. The van der Waals surface area contributed by atoms with Crippen LogP contribution in [0.15, 0.2) is 65.6 Å². The predicted molar refractivity (Wildman–Crippen MR) is 129 cm³/mol. The van der Waals surface area contributed by atoms with E-state index in [9.17, 15) is 18.0 Å². The molecule has 0 radical (unpaired) electrons. The van der Waals surface area contributed by atoms with Crippen molar-refractivity contribution in [2.45, 2.75) is 50.3 Å². The molecule has 34 heavy (non-hydrogen) atoms. The van der Waals surface area contributed by atoms with Crippen LogP contribution >= 0.6 is 0 Å². The van der Waals surface area contributed by atoms with Gasteiger partial charge in [0.15, 0.2) is 0 Å². The van der Waals surface area contributed by atoms with Crippen molar-refractivity contribution in [3.63, 3.8) is 0 Å². The molecule has 0 bridgehead atoms. The maximum atomic E-state index is 13.3. The monoisotopic (exact) mass is 487 g/mol. The summed E-state index contributed by atoms with van der Waals surface area (Å²) in [6.45, 7) is 4.55. The molecule has 0 aliphatic carbocycles. The second kappa shape index (κ2) is 12.1. The zero-order valence-corrected chi connectivity index (χ0v) is 20.5. The fraction of sp³-hybridized carbons (Fsp3) is 0.440. The van der Waals surface area contributed by atoms with E-state index >= 15 is 0 Å². The third-order valence-corrected chi connectivity index (χ3v) is 7.16. The molecule has 1 aliphatic heterocycles. The SMILES string of the molecule is CC(C)[C@@H](C(=O)NC[C@H]1CCCO1)N(Cc1ccccc1)C(=O)CNS(=O)(=O)c1ccccc1.